The molecule has 33 heavy (non-hydrogen) atoms. The molecule has 170 valence electrons. The van der Waals surface area contributed by atoms with Crippen LogP contribution >= 0.6 is 0 Å². The summed E-state index contributed by atoms with van der Waals surface area (Å²) in [6.07, 6.45) is 0. The van der Waals surface area contributed by atoms with Crippen molar-refractivity contribution < 1.29 is 18.6 Å². The van der Waals surface area contributed by atoms with E-state index in [-0.39, 0.29) is 6.61 Å². The Kier molecular flexibility index (Phi) is 7.12. The SMILES string of the molecule is COc1ccc(OC)c(-c2nc(COc3ccccc3CNNc3ccccc3)c(C)o2)c1. The van der Waals surface area contributed by atoms with Crippen molar-refractivity contribution in [3.63, 3.8) is 0 Å². The maximum absolute atomic E-state index is 6.11. The number of para-hydroxylation sites is 2. The lowest BCUT2D eigenvalue weighted by Gasteiger charge is -2.13. The highest BCUT2D eigenvalue weighted by molar-refractivity contribution is 5.65. The Balaban J connectivity index is 1.45. The first-order valence-electron chi connectivity index (χ1n) is 10.6. The molecule has 1 heterocycles. The molecule has 0 bridgehead atoms. The topological polar surface area (TPSA) is 77.8 Å². The molecule has 3 aromatic carbocycles. The normalized spacial score (nSPS) is 10.6. The van der Waals surface area contributed by atoms with E-state index in [4.69, 9.17) is 18.6 Å². The van der Waals surface area contributed by atoms with E-state index >= 15 is 0 Å². The van der Waals surface area contributed by atoms with E-state index in [0.29, 0.717) is 29.7 Å². The Morgan fingerprint density at radius 3 is 2.45 bits per heavy atom. The van der Waals surface area contributed by atoms with Crippen LogP contribution in [0.2, 0.25) is 0 Å². The van der Waals surface area contributed by atoms with E-state index < -0.39 is 0 Å². The molecule has 0 unspecified atom stereocenters. The molecule has 0 radical (unpaired) electrons. The van der Waals surface area contributed by atoms with E-state index in [1.807, 2.05) is 79.7 Å². The van der Waals surface area contributed by atoms with E-state index in [0.717, 1.165) is 28.3 Å². The highest BCUT2D eigenvalue weighted by Crippen LogP contribution is 2.34. The number of anilines is 1. The van der Waals surface area contributed by atoms with Gasteiger partial charge in [-0.3, -0.25) is 0 Å². The second-order valence-corrected chi connectivity index (χ2v) is 7.33. The van der Waals surface area contributed by atoms with Crippen LogP contribution in [-0.4, -0.2) is 19.2 Å². The Morgan fingerprint density at radius 1 is 0.879 bits per heavy atom. The molecule has 0 saturated carbocycles. The number of hydrazine groups is 1. The van der Waals surface area contributed by atoms with Gasteiger partial charge in [0, 0.05) is 17.8 Å². The Hall–Kier alpha value is -3.97. The zero-order chi connectivity index (χ0) is 23.0. The zero-order valence-electron chi connectivity index (χ0n) is 18.9. The van der Waals surface area contributed by atoms with Crippen molar-refractivity contribution >= 4 is 5.69 Å². The van der Waals surface area contributed by atoms with Crippen LogP contribution in [0.5, 0.6) is 17.2 Å². The number of rotatable bonds is 10. The lowest BCUT2D eigenvalue weighted by Crippen LogP contribution is -2.21. The predicted molar refractivity (Wildman–Crippen MR) is 127 cm³/mol. The molecule has 4 rings (SSSR count). The average Bonchev–Trinajstić information content (AvgIpc) is 3.23. The van der Waals surface area contributed by atoms with Gasteiger partial charge in [0.05, 0.1) is 19.8 Å². The fourth-order valence-corrected chi connectivity index (χ4v) is 3.36. The quantitative estimate of drug-likeness (QED) is 0.318. The summed E-state index contributed by atoms with van der Waals surface area (Å²) in [5.41, 5.74) is 9.88. The third kappa shape index (κ3) is 5.45. The smallest absolute Gasteiger partial charge is 0.230 e. The third-order valence-electron chi connectivity index (χ3n) is 5.15. The molecule has 0 saturated heterocycles. The van der Waals surface area contributed by atoms with Crippen molar-refractivity contribution in [1.82, 2.24) is 10.4 Å². The van der Waals surface area contributed by atoms with Gasteiger partial charge in [0.15, 0.2) is 0 Å². The lowest BCUT2D eigenvalue weighted by molar-refractivity contribution is 0.296. The van der Waals surface area contributed by atoms with Gasteiger partial charge in [-0.2, -0.15) is 0 Å². The Morgan fingerprint density at radius 2 is 1.67 bits per heavy atom. The third-order valence-corrected chi connectivity index (χ3v) is 5.15. The minimum atomic E-state index is 0.282. The van der Waals surface area contributed by atoms with Gasteiger partial charge in [-0.1, -0.05) is 36.4 Å². The number of methoxy groups -OCH3 is 2. The van der Waals surface area contributed by atoms with Gasteiger partial charge < -0.3 is 24.1 Å². The number of oxazole rings is 1. The van der Waals surface area contributed by atoms with Crippen molar-refractivity contribution in [2.75, 3.05) is 19.6 Å². The number of nitrogens with one attached hydrogen (secondary N) is 2. The standard InChI is InChI=1S/C26H27N3O4/c1-18-23(28-26(33-18)22-15-21(30-2)13-14-25(22)31-3)17-32-24-12-8-7-9-19(24)16-27-29-20-10-5-4-6-11-20/h4-15,27,29H,16-17H2,1-3H3. The minimum absolute atomic E-state index is 0.282. The second kappa shape index (κ2) is 10.6. The second-order valence-electron chi connectivity index (χ2n) is 7.33. The van der Waals surface area contributed by atoms with Crippen LogP contribution in [0.1, 0.15) is 17.0 Å². The van der Waals surface area contributed by atoms with Crippen molar-refractivity contribution in [3.05, 3.63) is 89.8 Å². The number of aromatic nitrogens is 1. The summed E-state index contributed by atoms with van der Waals surface area (Å²) in [6.45, 7) is 2.75. The minimum Gasteiger partial charge on any atom is -0.497 e. The van der Waals surface area contributed by atoms with Crippen LogP contribution in [0, 0.1) is 6.92 Å². The summed E-state index contributed by atoms with van der Waals surface area (Å²) in [5, 5.41) is 0. The fraction of sp³-hybridized carbons (Fsp3) is 0.192. The first-order valence-corrected chi connectivity index (χ1v) is 10.6. The first-order chi connectivity index (χ1) is 16.2. The monoisotopic (exact) mass is 445 g/mol. The molecule has 0 aliphatic rings. The van der Waals surface area contributed by atoms with Crippen molar-refractivity contribution in [1.29, 1.82) is 0 Å². The fourth-order valence-electron chi connectivity index (χ4n) is 3.36. The summed E-state index contributed by atoms with van der Waals surface area (Å²) >= 11 is 0. The lowest BCUT2D eigenvalue weighted by atomic mass is 10.2. The van der Waals surface area contributed by atoms with Crippen LogP contribution in [0.4, 0.5) is 5.69 Å². The van der Waals surface area contributed by atoms with Crippen LogP contribution < -0.4 is 25.1 Å². The van der Waals surface area contributed by atoms with Gasteiger partial charge in [-0.25, -0.2) is 10.4 Å². The first kappa shape index (κ1) is 22.2. The summed E-state index contributed by atoms with van der Waals surface area (Å²) in [4.78, 5) is 4.66. The van der Waals surface area contributed by atoms with Crippen LogP contribution in [0.3, 0.4) is 0 Å². The molecule has 1 aromatic heterocycles. The predicted octanol–water partition coefficient (Wildman–Crippen LogP) is 5.36. The van der Waals surface area contributed by atoms with Gasteiger partial charge >= 0.3 is 0 Å². The van der Waals surface area contributed by atoms with E-state index in [9.17, 15) is 0 Å². The van der Waals surface area contributed by atoms with E-state index in [2.05, 4.69) is 15.8 Å². The summed E-state index contributed by atoms with van der Waals surface area (Å²) in [6, 6.07) is 23.4. The number of hydrogen-bond acceptors (Lipinski definition) is 7. The highest BCUT2D eigenvalue weighted by atomic mass is 16.5. The highest BCUT2D eigenvalue weighted by Gasteiger charge is 2.17. The maximum atomic E-state index is 6.11. The average molecular weight is 446 g/mol. The van der Waals surface area contributed by atoms with E-state index in [1.54, 1.807) is 14.2 Å². The number of hydrogen-bond donors (Lipinski definition) is 2. The van der Waals surface area contributed by atoms with Crippen molar-refractivity contribution in [3.8, 4) is 28.7 Å². The number of ether oxygens (including phenoxy) is 3. The molecule has 7 nitrogen and oxygen atoms in total. The van der Waals surface area contributed by atoms with E-state index in [1.165, 1.54) is 0 Å². The molecule has 2 N–H and O–H groups in total. The summed E-state index contributed by atoms with van der Waals surface area (Å²) < 4.78 is 22.8. The van der Waals surface area contributed by atoms with Gasteiger partial charge in [0.2, 0.25) is 5.89 Å². The Labute approximate surface area is 193 Å². The molecule has 0 aliphatic heterocycles. The van der Waals surface area contributed by atoms with Gasteiger partial charge in [-0.15, -0.1) is 0 Å². The molecule has 0 spiro atoms. The number of aryl methyl sites for hydroxylation is 1. The Bertz CT molecular complexity index is 1190. The van der Waals surface area contributed by atoms with Gasteiger partial charge in [0.25, 0.3) is 0 Å². The largest absolute Gasteiger partial charge is 0.497 e. The molecular formula is C26H27N3O4. The number of nitrogens with zero attached hydrogens (tertiary/aromatic N) is 1. The molecule has 0 atom stereocenters. The zero-order valence-corrected chi connectivity index (χ0v) is 18.9. The maximum Gasteiger partial charge on any atom is 0.230 e. The van der Waals surface area contributed by atoms with Crippen LogP contribution in [0.25, 0.3) is 11.5 Å². The van der Waals surface area contributed by atoms with Crippen LogP contribution in [0.15, 0.2) is 77.2 Å². The van der Waals surface area contributed by atoms with Crippen molar-refractivity contribution in [2.45, 2.75) is 20.1 Å². The molecule has 0 amide bonds. The molecule has 0 aliphatic carbocycles. The number of benzene rings is 3. The van der Waals surface area contributed by atoms with Crippen molar-refractivity contribution in [2.24, 2.45) is 0 Å². The molecule has 7 heteroatoms. The summed E-state index contributed by atoms with van der Waals surface area (Å²) in [5.74, 6) is 3.29. The molecule has 0 fully saturated rings. The molecular weight excluding hydrogens is 418 g/mol. The van der Waals surface area contributed by atoms with Gasteiger partial charge in [0.1, 0.15) is 35.3 Å². The van der Waals surface area contributed by atoms with Gasteiger partial charge in [-0.05, 0) is 43.3 Å². The van der Waals surface area contributed by atoms with Crippen LogP contribution in [-0.2, 0) is 13.2 Å². The molecule has 4 aromatic rings. The summed E-state index contributed by atoms with van der Waals surface area (Å²) in [7, 11) is 3.23.